The molecule has 0 aliphatic rings. The normalized spacial score (nSPS) is 12.0. The maximum atomic E-state index is 12.5. The molecular weight excluding hydrogens is 134 g/mol. The summed E-state index contributed by atoms with van der Waals surface area (Å²) in [6.45, 7) is 3.55. The molecule has 2 heteroatoms. The Balaban J connectivity index is 3.28. The molecule has 10 heavy (non-hydrogen) atoms. The van der Waals surface area contributed by atoms with Crippen LogP contribution in [0.15, 0.2) is 0 Å². The van der Waals surface area contributed by atoms with E-state index in [2.05, 4.69) is 0 Å². The van der Waals surface area contributed by atoms with E-state index < -0.39 is 5.92 Å². The molecule has 0 atom stereocenters. The van der Waals surface area contributed by atoms with Crippen LogP contribution in [-0.4, -0.2) is 5.92 Å². The lowest BCUT2D eigenvalue weighted by Crippen LogP contribution is -2.13. The second kappa shape index (κ2) is 4.64. The van der Waals surface area contributed by atoms with Crippen molar-refractivity contribution in [3.05, 3.63) is 0 Å². The highest BCUT2D eigenvalue weighted by Gasteiger charge is 2.24. The lowest BCUT2D eigenvalue weighted by Gasteiger charge is -2.12. The number of rotatable bonds is 5. The Morgan fingerprint density at radius 2 is 1.70 bits per heavy atom. The van der Waals surface area contributed by atoms with E-state index in [1.54, 1.807) is 0 Å². The maximum Gasteiger partial charge on any atom is 0.247 e. The van der Waals surface area contributed by atoms with Crippen molar-refractivity contribution in [2.75, 3.05) is 0 Å². The summed E-state index contributed by atoms with van der Waals surface area (Å²) in [5.74, 6) is -2.41. The summed E-state index contributed by atoms with van der Waals surface area (Å²) in [7, 11) is 0. The minimum Gasteiger partial charge on any atom is -0.207 e. The number of halogens is 2. The van der Waals surface area contributed by atoms with Crippen molar-refractivity contribution >= 4 is 0 Å². The fourth-order valence-corrected chi connectivity index (χ4v) is 0.810. The van der Waals surface area contributed by atoms with Gasteiger partial charge in [-0.3, -0.25) is 0 Å². The molecule has 0 saturated heterocycles. The highest BCUT2D eigenvalue weighted by Crippen LogP contribution is 2.24. The summed E-state index contributed by atoms with van der Waals surface area (Å²) in [4.78, 5) is 0. The van der Waals surface area contributed by atoms with Crippen molar-refractivity contribution in [1.29, 1.82) is 0 Å². The van der Waals surface area contributed by atoms with E-state index >= 15 is 0 Å². The molecule has 0 aromatic carbocycles. The van der Waals surface area contributed by atoms with Crippen LogP contribution in [0, 0.1) is 0 Å². The van der Waals surface area contributed by atoms with Gasteiger partial charge in [0, 0.05) is 12.8 Å². The zero-order chi connectivity index (χ0) is 8.04. The van der Waals surface area contributed by atoms with Crippen LogP contribution in [0.25, 0.3) is 0 Å². The number of unbranched alkanes of at least 4 members (excludes halogenated alkanes) is 2. The smallest absolute Gasteiger partial charge is 0.207 e. The number of alkyl halides is 2. The standard InChI is InChI=1S/C8H16F2/c1-3-5-6-7-8(9,10)4-2/h3-7H2,1-2H3. The van der Waals surface area contributed by atoms with Crippen molar-refractivity contribution in [2.24, 2.45) is 0 Å². The summed E-state index contributed by atoms with van der Waals surface area (Å²) < 4.78 is 25.0. The van der Waals surface area contributed by atoms with Gasteiger partial charge in [-0.25, -0.2) is 8.78 Å². The Morgan fingerprint density at radius 3 is 2.10 bits per heavy atom. The second-order valence-corrected chi connectivity index (χ2v) is 2.67. The summed E-state index contributed by atoms with van der Waals surface area (Å²) in [6.07, 6.45) is 2.65. The minimum absolute atomic E-state index is 0.0171. The van der Waals surface area contributed by atoms with Crippen molar-refractivity contribution < 1.29 is 8.78 Å². The first-order chi connectivity index (χ1) is 4.62. The van der Waals surface area contributed by atoms with E-state index in [9.17, 15) is 8.78 Å². The van der Waals surface area contributed by atoms with Gasteiger partial charge in [-0.1, -0.05) is 26.7 Å². The summed E-state index contributed by atoms with van der Waals surface area (Å²) in [5.41, 5.74) is 0. The fourth-order valence-electron chi connectivity index (χ4n) is 0.810. The monoisotopic (exact) mass is 150 g/mol. The SMILES string of the molecule is CCCCCC(F)(F)CC. The van der Waals surface area contributed by atoms with Crippen molar-refractivity contribution in [1.82, 2.24) is 0 Å². The van der Waals surface area contributed by atoms with Gasteiger partial charge in [0.2, 0.25) is 5.92 Å². The van der Waals surface area contributed by atoms with E-state index in [0.29, 0.717) is 6.42 Å². The molecule has 0 bridgehead atoms. The molecular formula is C8H16F2. The van der Waals surface area contributed by atoms with Gasteiger partial charge in [0.1, 0.15) is 0 Å². The summed E-state index contributed by atoms with van der Waals surface area (Å²) in [6, 6.07) is 0. The van der Waals surface area contributed by atoms with E-state index in [0.717, 1.165) is 12.8 Å². The van der Waals surface area contributed by atoms with Crippen LogP contribution < -0.4 is 0 Å². The predicted octanol–water partition coefficient (Wildman–Crippen LogP) is 3.61. The van der Waals surface area contributed by atoms with Crippen LogP contribution in [0.1, 0.15) is 46.0 Å². The average molecular weight is 150 g/mol. The lowest BCUT2D eigenvalue weighted by atomic mass is 10.1. The molecule has 0 nitrogen and oxygen atoms in total. The Kier molecular flexibility index (Phi) is 4.58. The van der Waals surface area contributed by atoms with Gasteiger partial charge in [-0.05, 0) is 6.42 Å². The van der Waals surface area contributed by atoms with Crippen LogP contribution in [0.4, 0.5) is 8.78 Å². The predicted molar refractivity (Wildman–Crippen MR) is 39.4 cm³/mol. The molecule has 0 aromatic rings. The van der Waals surface area contributed by atoms with Gasteiger partial charge in [-0.2, -0.15) is 0 Å². The summed E-state index contributed by atoms with van der Waals surface area (Å²) in [5, 5.41) is 0. The Labute approximate surface area is 61.6 Å². The zero-order valence-electron chi connectivity index (χ0n) is 6.79. The first-order valence-corrected chi connectivity index (χ1v) is 4.00. The molecule has 62 valence electrons. The molecule has 0 radical (unpaired) electrons. The quantitative estimate of drug-likeness (QED) is 0.525. The van der Waals surface area contributed by atoms with E-state index in [-0.39, 0.29) is 12.8 Å². The van der Waals surface area contributed by atoms with Gasteiger partial charge in [0.15, 0.2) is 0 Å². The molecule has 0 aliphatic carbocycles. The third kappa shape index (κ3) is 4.71. The van der Waals surface area contributed by atoms with Crippen molar-refractivity contribution in [3.8, 4) is 0 Å². The van der Waals surface area contributed by atoms with Crippen LogP contribution in [0.2, 0.25) is 0 Å². The topological polar surface area (TPSA) is 0 Å². The van der Waals surface area contributed by atoms with E-state index in [4.69, 9.17) is 0 Å². The Hall–Kier alpha value is -0.140. The van der Waals surface area contributed by atoms with Crippen molar-refractivity contribution in [2.45, 2.75) is 51.9 Å². The molecule has 0 N–H and O–H groups in total. The number of hydrogen-bond donors (Lipinski definition) is 0. The molecule has 0 spiro atoms. The van der Waals surface area contributed by atoms with Crippen LogP contribution in [0.5, 0.6) is 0 Å². The second-order valence-electron chi connectivity index (χ2n) is 2.67. The highest BCUT2D eigenvalue weighted by molar-refractivity contribution is 4.62. The fraction of sp³-hybridized carbons (Fsp3) is 1.00. The molecule has 0 heterocycles. The largest absolute Gasteiger partial charge is 0.247 e. The van der Waals surface area contributed by atoms with Crippen LogP contribution in [0.3, 0.4) is 0 Å². The molecule has 0 fully saturated rings. The van der Waals surface area contributed by atoms with Gasteiger partial charge in [0.05, 0.1) is 0 Å². The first-order valence-electron chi connectivity index (χ1n) is 4.00. The highest BCUT2D eigenvalue weighted by atomic mass is 19.3. The third-order valence-electron chi connectivity index (χ3n) is 1.66. The molecule has 0 rings (SSSR count). The van der Waals surface area contributed by atoms with E-state index in [1.807, 2.05) is 6.92 Å². The first kappa shape index (κ1) is 9.86. The molecule has 0 amide bonds. The van der Waals surface area contributed by atoms with Gasteiger partial charge < -0.3 is 0 Å². The minimum atomic E-state index is -2.41. The molecule has 0 aliphatic heterocycles. The summed E-state index contributed by atoms with van der Waals surface area (Å²) >= 11 is 0. The lowest BCUT2D eigenvalue weighted by molar-refractivity contribution is -0.0136. The Bertz CT molecular complexity index is 79.3. The van der Waals surface area contributed by atoms with Gasteiger partial charge in [0.25, 0.3) is 0 Å². The van der Waals surface area contributed by atoms with E-state index in [1.165, 1.54) is 6.92 Å². The van der Waals surface area contributed by atoms with Crippen molar-refractivity contribution in [3.63, 3.8) is 0 Å². The molecule has 0 saturated carbocycles. The molecule has 0 aromatic heterocycles. The molecule has 0 unspecified atom stereocenters. The van der Waals surface area contributed by atoms with Crippen LogP contribution in [-0.2, 0) is 0 Å². The Morgan fingerprint density at radius 1 is 1.10 bits per heavy atom. The third-order valence-corrected chi connectivity index (χ3v) is 1.66. The van der Waals surface area contributed by atoms with Crippen LogP contribution >= 0.6 is 0 Å². The maximum absolute atomic E-state index is 12.5. The van der Waals surface area contributed by atoms with Gasteiger partial charge in [-0.15, -0.1) is 0 Å². The number of hydrogen-bond acceptors (Lipinski definition) is 0. The average Bonchev–Trinajstić information content (AvgIpc) is 1.89. The zero-order valence-corrected chi connectivity index (χ0v) is 6.79. The van der Waals surface area contributed by atoms with Gasteiger partial charge >= 0.3 is 0 Å².